The van der Waals surface area contributed by atoms with Crippen LogP contribution in [0.5, 0.6) is 11.5 Å². The van der Waals surface area contributed by atoms with Crippen LogP contribution in [0.3, 0.4) is 0 Å². The number of ether oxygens (including phenoxy) is 2. The normalized spacial score (nSPS) is 14.5. The predicted octanol–water partition coefficient (Wildman–Crippen LogP) is 3.62. The van der Waals surface area contributed by atoms with Gasteiger partial charge in [-0.1, -0.05) is 45.0 Å². The van der Waals surface area contributed by atoms with E-state index < -0.39 is 21.7 Å². The van der Waals surface area contributed by atoms with Gasteiger partial charge >= 0.3 is 0 Å². The number of piperazine rings is 1. The SMILES string of the molecule is COc1c(NC(=O)C(=O)c2ccc(OCCN3CCNCC3)c3ccccc23)cc(C(C)(C)C)cc1NS(C)(=O)=O. The first kappa shape index (κ1) is 30.3. The summed E-state index contributed by atoms with van der Waals surface area (Å²) in [5, 5.41) is 7.33. The molecule has 1 fully saturated rings. The number of ketones is 1. The van der Waals surface area contributed by atoms with Gasteiger partial charge in [0.2, 0.25) is 10.0 Å². The molecule has 220 valence electrons. The molecule has 0 radical (unpaired) electrons. The number of nitrogens with zero attached hydrogens (tertiary/aromatic N) is 1. The number of nitrogens with one attached hydrogen (secondary N) is 3. The molecule has 0 unspecified atom stereocenters. The van der Waals surface area contributed by atoms with Crippen molar-refractivity contribution in [3.8, 4) is 11.5 Å². The van der Waals surface area contributed by atoms with Crippen molar-refractivity contribution in [2.45, 2.75) is 26.2 Å². The average molecular weight is 583 g/mol. The van der Waals surface area contributed by atoms with E-state index in [0.29, 0.717) is 17.7 Å². The molecule has 0 bridgehead atoms. The standard InChI is InChI=1S/C30H38N4O6S/c1-30(2,3)20-18-24(28(39-4)25(19-20)33-41(5,37)38)32-29(36)27(35)23-10-11-26(22-9-7-6-8-21(22)23)40-17-16-34-14-12-31-13-15-34/h6-11,18-19,31,33H,12-17H2,1-5H3,(H,32,36). The number of amides is 1. The molecular weight excluding hydrogens is 544 g/mol. The number of benzene rings is 3. The van der Waals surface area contributed by atoms with Gasteiger partial charge in [-0.25, -0.2) is 8.42 Å². The van der Waals surface area contributed by atoms with E-state index in [1.165, 1.54) is 7.11 Å². The summed E-state index contributed by atoms with van der Waals surface area (Å²) in [5.41, 5.74) is 0.924. The quantitative estimate of drug-likeness (QED) is 0.245. The number of fused-ring (bicyclic) bond motifs is 1. The Balaban J connectivity index is 1.61. The van der Waals surface area contributed by atoms with Crippen molar-refractivity contribution in [2.24, 2.45) is 0 Å². The number of hydrogen-bond donors (Lipinski definition) is 3. The molecule has 10 nitrogen and oxygen atoms in total. The zero-order chi connectivity index (χ0) is 29.8. The van der Waals surface area contributed by atoms with Crippen LogP contribution in [0.2, 0.25) is 0 Å². The summed E-state index contributed by atoms with van der Waals surface area (Å²) < 4.78 is 38.1. The highest BCUT2D eigenvalue weighted by Gasteiger charge is 2.25. The summed E-state index contributed by atoms with van der Waals surface area (Å²) in [5.74, 6) is -0.877. The molecule has 0 aliphatic carbocycles. The predicted molar refractivity (Wildman–Crippen MR) is 162 cm³/mol. The van der Waals surface area contributed by atoms with E-state index in [0.717, 1.165) is 49.9 Å². The van der Waals surface area contributed by atoms with Gasteiger partial charge in [-0.15, -0.1) is 0 Å². The van der Waals surface area contributed by atoms with E-state index in [4.69, 9.17) is 9.47 Å². The Morgan fingerprint density at radius 2 is 1.66 bits per heavy atom. The number of Topliss-reactive ketones (excluding diaryl/α,β-unsaturated/α-hetero) is 1. The van der Waals surface area contributed by atoms with Crippen LogP contribution in [0.15, 0.2) is 48.5 Å². The molecule has 1 saturated heterocycles. The van der Waals surface area contributed by atoms with Gasteiger partial charge in [0.25, 0.3) is 11.7 Å². The summed E-state index contributed by atoms with van der Waals surface area (Å²) in [6, 6.07) is 14.0. The number of anilines is 2. The topological polar surface area (TPSA) is 126 Å². The van der Waals surface area contributed by atoms with E-state index in [2.05, 4.69) is 20.3 Å². The van der Waals surface area contributed by atoms with Crippen LogP contribution in [0.25, 0.3) is 10.8 Å². The zero-order valence-electron chi connectivity index (χ0n) is 24.2. The maximum atomic E-state index is 13.5. The molecule has 4 rings (SSSR count). The lowest BCUT2D eigenvalue weighted by Crippen LogP contribution is -2.44. The van der Waals surface area contributed by atoms with Crippen molar-refractivity contribution < 1.29 is 27.5 Å². The van der Waals surface area contributed by atoms with Crippen molar-refractivity contribution in [1.29, 1.82) is 0 Å². The molecule has 3 N–H and O–H groups in total. The van der Waals surface area contributed by atoms with Gasteiger partial charge in [0, 0.05) is 43.7 Å². The fourth-order valence-electron chi connectivity index (χ4n) is 4.77. The van der Waals surface area contributed by atoms with Crippen molar-refractivity contribution in [1.82, 2.24) is 10.2 Å². The number of carbonyl (C=O) groups excluding carboxylic acids is 2. The van der Waals surface area contributed by atoms with Crippen LogP contribution in [0, 0.1) is 0 Å². The van der Waals surface area contributed by atoms with Gasteiger partial charge in [0.1, 0.15) is 12.4 Å². The third-order valence-electron chi connectivity index (χ3n) is 6.91. The van der Waals surface area contributed by atoms with Crippen LogP contribution in [-0.2, 0) is 20.2 Å². The van der Waals surface area contributed by atoms with E-state index in [1.54, 1.807) is 36.4 Å². The van der Waals surface area contributed by atoms with Crippen LogP contribution in [-0.4, -0.2) is 77.7 Å². The Morgan fingerprint density at radius 1 is 1.00 bits per heavy atom. The van der Waals surface area contributed by atoms with Gasteiger partial charge in [0.15, 0.2) is 5.75 Å². The van der Waals surface area contributed by atoms with Gasteiger partial charge in [0.05, 0.1) is 24.7 Å². The number of hydrogen-bond acceptors (Lipinski definition) is 8. The maximum Gasteiger partial charge on any atom is 0.296 e. The molecule has 11 heteroatoms. The van der Waals surface area contributed by atoms with Crippen molar-refractivity contribution in [2.75, 3.05) is 62.7 Å². The molecule has 1 aliphatic rings. The van der Waals surface area contributed by atoms with Crippen molar-refractivity contribution >= 4 is 43.9 Å². The Kier molecular flexibility index (Phi) is 9.21. The number of sulfonamides is 1. The summed E-state index contributed by atoms with van der Waals surface area (Å²) >= 11 is 0. The molecule has 41 heavy (non-hydrogen) atoms. The number of carbonyl (C=O) groups is 2. The third-order valence-corrected chi connectivity index (χ3v) is 7.50. The first-order valence-electron chi connectivity index (χ1n) is 13.5. The number of rotatable bonds is 10. The molecule has 0 aromatic heterocycles. The molecule has 0 atom stereocenters. The Bertz CT molecular complexity index is 1540. The molecule has 1 aliphatic heterocycles. The first-order valence-corrected chi connectivity index (χ1v) is 15.4. The van der Waals surface area contributed by atoms with Crippen LogP contribution >= 0.6 is 0 Å². The zero-order valence-corrected chi connectivity index (χ0v) is 25.0. The smallest absolute Gasteiger partial charge is 0.296 e. The number of methoxy groups -OCH3 is 1. The lowest BCUT2D eigenvalue weighted by atomic mass is 9.86. The van der Waals surface area contributed by atoms with Crippen LogP contribution in [0.1, 0.15) is 36.7 Å². The van der Waals surface area contributed by atoms with E-state index in [9.17, 15) is 18.0 Å². The molecule has 0 spiro atoms. The molecule has 1 heterocycles. The van der Waals surface area contributed by atoms with E-state index in [-0.39, 0.29) is 28.1 Å². The van der Waals surface area contributed by atoms with E-state index in [1.807, 2.05) is 32.9 Å². The molecule has 3 aromatic rings. The Labute approximate surface area is 241 Å². The molecule has 3 aromatic carbocycles. The summed E-state index contributed by atoms with van der Waals surface area (Å²) in [6.07, 6.45) is 1.03. The van der Waals surface area contributed by atoms with E-state index >= 15 is 0 Å². The lowest BCUT2D eigenvalue weighted by molar-refractivity contribution is -0.112. The minimum absolute atomic E-state index is 0.0997. The minimum Gasteiger partial charge on any atom is -0.492 e. The highest BCUT2D eigenvalue weighted by molar-refractivity contribution is 7.92. The Hall–Kier alpha value is -3.67. The average Bonchev–Trinajstić information content (AvgIpc) is 2.92. The molecule has 1 amide bonds. The second kappa shape index (κ2) is 12.5. The van der Waals surface area contributed by atoms with Gasteiger partial charge in [-0.3, -0.25) is 19.2 Å². The van der Waals surface area contributed by atoms with Crippen LogP contribution in [0.4, 0.5) is 11.4 Å². The largest absolute Gasteiger partial charge is 0.492 e. The summed E-state index contributed by atoms with van der Waals surface area (Å²) in [6.45, 7) is 11.0. The fourth-order valence-corrected chi connectivity index (χ4v) is 5.32. The van der Waals surface area contributed by atoms with Gasteiger partial charge in [-0.2, -0.15) is 0 Å². The highest BCUT2D eigenvalue weighted by atomic mass is 32.2. The molecule has 0 saturated carbocycles. The summed E-state index contributed by atoms with van der Waals surface area (Å²) in [7, 11) is -2.28. The van der Waals surface area contributed by atoms with Gasteiger partial charge in [-0.05, 0) is 40.6 Å². The lowest BCUT2D eigenvalue weighted by Gasteiger charge is -2.27. The second-order valence-electron chi connectivity index (χ2n) is 11.1. The van der Waals surface area contributed by atoms with Gasteiger partial charge < -0.3 is 20.1 Å². The molecular formula is C30H38N4O6S. The van der Waals surface area contributed by atoms with Crippen molar-refractivity contribution in [3.63, 3.8) is 0 Å². The van der Waals surface area contributed by atoms with Crippen molar-refractivity contribution in [3.05, 3.63) is 59.7 Å². The fraction of sp³-hybridized carbons (Fsp3) is 0.400. The maximum absolute atomic E-state index is 13.5. The Morgan fingerprint density at radius 3 is 2.29 bits per heavy atom. The second-order valence-corrected chi connectivity index (χ2v) is 12.9. The first-order chi connectivity index (χ1) is 19.4. The highest BCUT2D eigenvalue weighted by Crippen LogP contribution is 2.39. The monoisotopic (exact) mass is 582 g/mol. The summed E-state index contributed by atoms with van der Waals surface area (Å²) in [4.78, 5) is 29.1. The third kappa shape index (κ3) is 7.55. The van der Waals surface area contributed by atoms with Crippen LogP contribution < -0.4 is 24.8 Å². The minimum atomic E-state index is -3.65.